The summed E-state index contributed by atoms with van der Waals surface area (Å²) in [6, 6.07) is 0. The highest BCUT2D eigenvalue weighted by molar-refractivity contribution is 7.91. The van der Waals surface area contributed by atoms with E-state index in [9.17, 15) is 13.2 Å². The Bertz CT molecular complexity index is 288. The average molecular weight is 256 g/mol. The van der Waals surface area contributed by atoms with E-state index in [0.29, 0.717) is 12.5 Å². The Morgan fingerprint density at radius 1 is 1.33 bits per heavy atom. The first kappa shape index (κ1) is 14.7. The number of sulfone groups is 1. The van der Waals surface area contributed by atoms with Gasteiger partial charge in [-0.2, -0.15) is 0 Å². The van der Waals surface area contributed by atoms with Crippen LogP contribution >= 0.6 is 11.6 Å². The van der Waals surface area contributed by atoms with E-state index in [2.05, 4.69) is 5.32 Å². The van der Waals surface area contributed by atoms with E-state index in [1.165, 1.54) is 0 Å². The van der Waals surface area contributed by atoms with E-state index < -0.39 is 9.84 Å². The molecule has 1 N–H and O–H groups in total. The molecule has 0 bridgehead atoms. The maximum absolute atomic E-state index is 11.2. The molecule has 0 aliphatic heterocycles. The van der Waals surface area contributed by atoms with Crippen molar-refractivity contribution < 1.29 is 13.2 Å². The molecule has 6 heteroatoms. The molecular formula is C9H18ClNO3S. The first-order valence-electron chi connectivity index (χ1n) is 4.90. The van der Waals surface area contributed by atoms with Crippen molar-refractivity contribution in [1.29, 1.82) is 0 Å². The molecule has 0 aliphatic carbocycles. The maximum atomic E-state index is 11.2. The van der Waals surface area contributed by atoms with Crippen LogP contribution in [0.2, 0.25) is 0 Å². The highest BCUT2D eigenvalue weighted by atomic mass is 35.5. The van der Waals surface area contributed by atoms with Gasteiger partial charge in [0.1, 0.15) is 0 Å². The molecule has 0 heterocycles. The molecule has 0 spiro atoms. The van der Waals surface area contributed by atoms with Gasteiger partial charge < -0.3 is 5.32 Å². The molecule has 0 fully saturated rings. The van der Waals surface area contributed by atoms with Crippen molar-refractivity contribution in [3.05, 3.63) is 0 Å². The van der Waals surface area contributed by atoms with Gasteiger partial charge in [0.2, 0.25) is 5.91 Å². The molecule has 0 rings (SSSR count). The zero-order valence-electron chi connectivity index (χ0n) is 9.12. The van der Waals surface area contributed by atoms with Crippen molar-refractivity contribution in [1.82, 2.24) is 5.32 Å². The molecule has 0 radical (unpaired) electrons. The van der Waals surface area contributed by atoms with E-state index in [1.54, 1.807) is 0 Å². The van der Waals surface area contributed by atoms with Gasteiger partial charge in [-0.3, -0.25) is 4.79 Å². The topological polar surface area (TPSA) is 63.2 Å². The van der Waals surface area contributed by atoms with Gasteiger partial charge in [-0.1, -0.05) is 13.8 Å². The lowest BCUT2D eigenvalue weighted by Crippen LogP contribution is -2.29. The molecule has 0 aromatic rings. The fraction of sp³-hybridized carbons (Fsp3) is 0.889. The lowest BCUT2D eigenvalue weighted by atomic mass is 10.2. The molecule has 0 aromatic carbocycles. The maximum Gasteiger partial charge on any atom is 0.221 e. The lowest BCUT2D eigenvalue weighted by Gasteiger charge is -2.07. The fourth-order valence-corrected chi connectivity index (χ4v) is 2.52. The second-order valence-corrected chi connectivity index (χ2v) is 6.47. The van der Waals surface area contributed by atoms with E-state index in [0.717, 1.165) is 0 Å². The summed E-state index contributed by atoms with van der Waals surface area (Å²) in [5, 5.41) is 2.66. The average Bonchev–Trinajstić information content (AvgIpc) is 2.11. The molecule has 1 amide bonds. The summed E-state index contributed by atoms with van der Waals surface area (Å²) in [4.78, 5) is 11.2. The second kappa shape index (κ2) is 7.06. The van der Waals surface area contributed by atoms with Gasteiger partial charge in [-0.25, -0.2) is 8.42 Å². The van der Waals surface area contributed by atoms with Crippen LogP contribution < -0.4 is 5.32 Å². The molecule has 4 nitrogen and oxygen atoms in total. The van der Waals surface area contributed by atoms with E-state index in [1.807, 2.05) is 13.8 Å². The number of nitrogens with one attached hydrogen (secondary N) is 1. The largest absolute Gasteiger partial charge is 0.356 e. The van der Waals surface area contributed by atoms with Crippen LogP contribution in [0.15, 0.2) is 0 Å². The van der Waals surface area contributed by atoms with Gasteiger partial charge in [0, 0.05) is 18.8 Å². The SMILES string of the molecule is CC(C)CNC(=O)CCS(=O)(=O)CCCl. The van der Waals surface area contributed by atoms with Gasteiger partial charge in [-0.15, -0.1) is 11.6 Å². The Morgan fingerprint density at radius 2 is 1.93 bits per heavy atom. The normalized spacial score (nSPS) is 11.7. The molecular weight excluding hydrogens is 238 g/mol. The summed E-state index contributed by atoms with van der Waals surface area (Å²) in [6.45, 7) is 4.53. The summed E-state index contributed by atoms with van der Waals surface area (Å²) < 4.78 is 22.4. The summed E-state index contributed by atoms with van der Waals surface area (Å²) in [6.07, 6.45) is 0.0198. The minimum Gasteiger partial charge on any atom is -0.356 e. The molecule has 0 saturated carbocycles. The summed E-state index contributed by atoms with van der Waals surface area (Å²) in [5.41, 5.74) is 0. The van der Waals surface area contributed by atoms with Crippen LogP contribution in [0.3, 0.4) is 0 Å². The van der Waals surface area contributed by atoms with Crippen LogP contribution in [-0.2, 0) is 14.6 Å². The smallest absolute Gasteiger partial charge is 0.221 e. The molecule has 0 aromatic heterocycles. The molecule has 90 valence electrons. The Morgan fingerprint density at radius 3 is 2.40 bits per heavy atom. The number of hydrogen-bond donors (Lipinski definition) is 1. The second-order valence-electron chi connectivity index (χ2n) is 3.79. The zero-order chi connectivity index (χ0) is 11.9. The Labute approximate surface area is 96.3 Å². The Kier molecular flexibility index (Phi) is 6.92. The Hall–Kier alpha value is -0.290. The van der Waals surface area contributed by atoms with Crippen LogP contribution in [0, 0.1) is 5.92 Å². The molecule has 15 heavy (non-hydrogen) atoms. The number of alkyl halides is 1. The number of carbonyl (C=O) groups is 1. The van der Waals surface area contributed by atoms with Gasteiger partial charge in [0.05, 0.1) is 11.5 Å². The number of hydrogen-bond acceptors (Lipinski definition) is 3. The third-order valence-corrected chi connectivity index (χ3v) is 3.80. The summed E-state index contributed by atoms with van der Waals surface area (Å²) >= 11 is 5.32. The minimum atomic E-state index is -3.16. The van der Waals surface area contributed by atoms with Gasteiger partial charge in [0.15, 0.2) is 9.84 Å². The van der Waals surface area contributed by atoms with Crippen molar-refractivity contribution in [2.45, 2.75) is 20.3 Å². The van der Waals surface area contributed by atoms with Crippen molar-refractivity contribution in [2.75, 3.05) is 23.9 Å². The minimum absolute atomic E-state index is 0.0198. The van der Waals surface area contributed by atoms with Crippen molar-refractivity contribution >= 4 is 27.3 Å². The van der Waals surface area contributed by atoms with E-state index in [-0.39, 0.29) is 29.7 Å². The number of rotatable bonds is 7. The Balaban J connectivity index is 3.80. The van der Waals surface area contributed by atoms with E-state index in [4.69, 9.17) is 11.6 Å². The number of amides is 1. The third kappa shape index (κ3) is 8.69. The highest BCUT2D eigenvalue weighted by Gasteiger charge is 2.12. The molecule has 0 unspecified atom stereocenters. The highest BCUT2D eigenvalue weighted by Crippen LogP contribution is 1.96. The van der Waals surface area contributed by atoms with Crippen molar-refractivity contribution in [2.24, 2.45) is 5.92 Å². The van der Waals surface area contributed by atoms with Crippen molar-refractivity contribution in [3.8, 4) is 0 Å². The zero-order valence-corrected chi connectivity index (χ0v) is 10.7. The number of carbonyl (C=O) groups excluding carboxylic acids is 1. The van der Waals surface area contributed by atoms with Crippen LogP contribution in [-0.4, -0.2) is 38.3 Å². The van der Waals surface area contributed by atoms with Gasteiger partial charge in [-0.05, 0) is 5.92 Å². The van der Waals surface area contributed by atoms with E-state index >= 15 is 0 Å². The first-order valence-corrected chi connectivity index (χ1v) is 7.26. The standard InChI is InChI=1S/C9H18ClNO3S/c1-8(2)7-11-9(12)3-5-15(13,14)6-4-10/h8H,3-7H2,1-2H3,(H,11,12). The van der Waals surface area contributed by atoms with Gasteiger partial charge >= 0.3 is 0 Å². The molecule has 0 saturated heterocycles. The first-order chi connectivity index (χ1) is 6.87. The van der Waals surface area contributed by atoms with Gasteiger partial charge in [0.25, 0.3) is 0 Å². The van der Waals surface area contributed by atoms with Crippen LogP contribution in [0.25, 0.3) is 0 Å². The van der Waals surface area contributed by atoms with Crippen LogP contribution in [0.4, 0.5) is 0 Å². The summed E-state index contributed by atoms with van der Waals surface area (Å²) in [5.74, 6) is 0.0428. The van der Waals surface area contributed by atoms with Crippen LogP contribution in [0.5, 0.6) is 0 Å². The third-order valence-electron chi connectivity index (χ3n) is 1.74. The summed E-state index contributed by atoms with van der Waals surface area (Å²) in [7, 11) is -3.16. The predicted octanol–water partition coefficient (Wildman–Crippen LogP) is 0.802. The molecule has 0 aliphatic rings. The number of halogens is 1. The fourth-order valence-electron chi connectivity index (χ4n) is 0.874. The predicted molar refractivity (Wildman–Crippen MR) is 61.8 cm³/mol. The lowest BCUT2D eigenvalue weighted by molar-refractivity contribution is -0.120. The monoisotopic (exact) mass is 255 g/mol. The van der Waals surface area contributed by atoms with Crippen molar-refractivity contribution in [3.63, 3.8) is 0 Å². The molecule has 0 atom stereocenters. The van der Waals surface area contributed by atoms with Crippen LogP contribution in [0.1, 0.15) is 20.3 Å². The quantitative estimate of drug-likeness (QED) is 0.685.